The minimum Gasteiger partial charge on any atom is -0.394 e. The predicted octanol–water partition coefficient (Wildman–Crippen LogP) is 3.05. The molecule has 0 aliphatic heterocycles. The van der Waals surface area contributed by atoms with Gasteiger partial charge in [-0.15, -0.1) is 0 Å². The van der Waals surface area contributed by atoms with E-state index >= 15 is 0 Å². The lowest BCUT2D eigenvalue weighted by atomic mass is 10.0. The van der Waals surface area contributed by atoms with Crippen LogP contribution in [0.25, 0.3) is 0 Å². The summed E-state index contributed by atoms with van der Waals surface area (Å²) in [4.78, 5) is 12.5. The molecule has 2 aromatic rings. The summed E-state index contributed by atoms with van der Waals surface area (Å²) in [5.41, 5.74) is 0.484. The molecule has 29 heavy (non-hydrogen) atoms. The maximum absolute atomic E-state index is 14.1. The number of nitrogens with one attached hydrogen (secondary N) is 2. The zero-order chi connectivity index (χ0) is 21.6. The van der Waals surface area contributed by atoms with Crippen molar-refractivity contribution >= 4 is 33.7 Å². The number of benzene rings is 1. The number of thioether (sulfide) groups is 1. The molecule has 0 radical (unpaired) electrons. The summed E-state index contributed by atoms with van der Waals surface area (Å²) < 4.78 is 39.5. The van der Waals surface area contributed by atoms with Crippen molar-refractivity contribution in [2.75, 3.05) is 22.9 Å². The van der Waals surface area contributed by atoms with Crippen molar-refractivity contribution in [2.24, 2.45) is 5.92 Å². The Bertz CT molecular complexity index is 927. The molecular weight excluding hydrogens is 417 g/mol. The van der Waals surface area contributed by atoms with E-state index in [-0.39, 0.29) is 40.8 Å². The van der Waals surface area contributed by atoms with E-state index < -0.39 is 10.0 Å². The van der Waals surface area contributed by atoms with Crippen LogP contribution in [0.3, 0.4) is 0 Å². The number of sulfonamides is 1. The fraction of sp³-hybridized carbons (Fsp3) is 0.500. The van der Waals surface area contributed by atoms with Crippen LogP contribution in [0.4, 0.5) is 16.3 Å². The fourth-order valence-electron chi connectivity index (χ4n) is 2.64. The molecule has 1 aromatic heterocycles. The predicted molar refractivity (Wildman–Crippen MR) is 113 cm³/mol. The Labute approximate surface area is 174 Å². The van der Waals surface area contributed by atoms with Gasteiger partial charge in [0.1, 0.15) is 5.82 Å². The minimum absolute atomic E-state index is 0.132. The standard InChI is InChI=1S/C18H26FN5O3S2/c1-11(2)9-13(10-25)20-16-21-17(24-29(4,26)27)23-18(22-16)28-12(3)14-7-5-6-8-15(14)19/h5-8,11-13,25H,9-10H2,1-4H3,(H2,20,21,22,23,24)/t12?,13-/m1/s1. The molecule has 0 amide bonds. The van der Waals surface area contributed by atoms with E-state index in [1.807, 2.05) is 13.8 Å². The van der Waals surface area contributed by atoms with Gasteiger partial charge < -0.3 is 10.4 Å². The summed E-state index contributed by atoms with van der Waals surface area (Å²) in [6.07, 6.45) is 1.67. The number of hydrogen-bond acceptors (Lipinski definition) is 8. The van der Waals surface area contributed by atoms with E-state index in [0.717, 1.165) is 6.26 Å². The zero-order valence-corrected chi connectivity index (χ0v) is 18.4. The summed E-state index contributed by atoms with van der Waals surface area (Å²) in [7, 11) is -3.60. The van der Waals surface area contributed by atoms with Gasteiger partial charge in [-0.1, -0.05) is 43.8 Å². The largest absolute Gasteiger partial charge is 0.394 e. The zero-order valence-electron chi connectivity index (χ0n) is 16.8. The first-order chi connectivity index (χ1) is 13.6. The average molecular weight is 444 g/mol. The number of hydrogen-bond donors (Lipinski definition) is 3. The number of halogens is 1. The van der Waals surface area contributed by atoms with Crippen LogP contribution in [0.2, 0.25) is 0 Å². The second-order valence-corrected chi connectivity index (χ2v) is 10.1. The molecule has 8 nitrogen and oxygen atoms in total. The SMILES string of the molecule is CC(C)C[C@H](CO)Nc1nc(NS(C)(=O)=O)nc(SC(C)c2ccccc2F)n1. The quantitative estimate of drug-likeness (QED) is 0.480. The van der Waals surface area contributed by atoms with E-state index in [9.17, 15) is 17.9 Å². The van der Waals surface area contributed by atoms with Crippen molar-refractivity contribution in [1.29, 1.82) is 0 Å². The Morgan fingerprint density at radius 2 is 1.79 bits per heavy atom. The van der Waals surface area contributed by atoms with Crippen LogP contribution in [0.1, 0.15) is 38.0 Å². The van der Waals surface area contributed by atoms with Gasteiger partial charge >= 0.3 is 0 Å². The third kappa shape index (κ3) is 7.75. The molecule has 1 unspecified atom stereocenters. The van der Waals surface area contributed by atoms with Gasteiger partial charge in [0.2, 0.25) is 21.9 Å². The van der Waals surface area contributed by atoms with Crippen LogP contribution in [0.5, 0.6) is 0 Å². The van der Waals surface area contributed by atoms with Gasteiger partial charge in [-0.25, -0.2) is 12.8 Å². The van der Waals surface area contributed by atoms with Gasteiger partial charge in [-0.05, 0) is 25.3 Å². The first kappa shape index (κ1) is 23.3. The van der Waals surface area contributed by atoms with Crippen LogP contribution in [-0.4, -0.2) is 47.4 Å². The molecule has 0 spiro atoms. The molecule has 0 aliphatic rings. The van der Waals surface area contributed by atoms with Gasteiger partial charge in [0.25, 0.3) is 0 Å². The molecule has 0 fully saturated rings. The highest BCUT2D eigenvalue weighted by atomic mass is 32.2. The number of aliphatic hydroxyl groups excluding tert-OH is 1. The van der Waals surface area contributed by atoms with Gasteiger partial charge in [-0.3, -0.25) is 4.72 Å². The lowest BCUT2D eigenvalue weighted by Gasteiger charge is -2.19. The second kappa shape index (κ2) is 10.2. The van der Waals surface area contributed by atoms with Crippen LogP contribution in [0.15, 0.2) is 29.4 Å². The lowest BCUT2D eigenvalue weighted by Crippen LogP contribution is -2.27. The highest BCUT2D eigenvalue weighted by Crippen LogP contribution is 2.34. The minimum atomic E-state index is -3.60. The van der Waals surface area contributed by atoms with Gasteiger partial charge in [-0.2, -0.15) is 15.0 Å². The first-order valence-electron chi connectivity index (χ1n) is 9.09. The topological polar surface area (TPSA) is 117 Å². The lowest BCUT2D eigenvalue weighted by molar-refractivity contribution is 0.259. The Morgan fingerprint density at radius 3 is 2.38 bits per heavy atom. The number of aliphatic hydroxyl groups is 1. The molecule has 2 atom stereocenters. The van der Waals surface area contributed by atoms with Gasteiger partial charge in [0, 0.05) is 10.8 Å². The van der Waals surface area contributed by atoms with E-state index in [2.05, 4.69) is 25.0 Å². The Morgan fingerprint density at radius 1 is 1.14 bits per heavy atom. The first-order valence-corrected chi connectivity index (χ1v) is 11.9. The molecule has 0 saturated carbocycles. The third-order valence-electron chi connectivity index (χ3n) is 3.83. The van der Waals surface area contributed by atoms with Crippen LogP contribution >= 0.6 is 11.8 Å². The summed E-state index contributed by atoms with van der Waals surface area (Å²) >= 11 is 1.17. The fourth-order valence-corrected chi connectivity index (χ4v) is 3.98. The maximum Gasteiger partial charge on any atom is 0.242 e. The van der Waals surface area contributed by atoms with Crippen LogP contribution < -0.4 is 10.0 Å². The monoisotopic (exact) mass is 443 g/mol. The van der Waals surface area contributed by atoms with Crippen molar-refractivity contribution in [3.05, 3.63) is 35.6 Å². The normalized spacial score (nSPS) is 13.9. The van der Waals surface area contributed by atoms with Crippen molar-refractivity contribution < 1.29 is 17.9 Å². The number of rotatable bonds is 10. The summed E-state index contributed by atoms with van der Waals surface area (Å²) in [5.74, 6) is -0.0275. The van der Waals surface area contributed by atoms with Crippen molar-refractivity contribution in [3.8, 4) is 0 Å². The number of anilines is 2. The summed E-state index contributed by atoms with van der Waals surface area (Å²) in [5, 5.41) is 12.5. The van der Waals surface area contributed by atoms with Crippen molar-refractivity contribution in [1.82, 2.24) is 15.0 Å². The highest BCUT2D eigenvalue weighted by Gasteiger charge is 2.18. The number of nitrogens with zero attached hydrogens (tertiary/aromatic N) is 3. The molecule has 0 saturated heterocycles. The Kier molecular flexibility index (Phi) is 8.17. The number of aromatic nitrogens is 3. The molecule has 1 aromatic carbocycles. The Balaban J connectivity index is 2.32. The highest BCUT2D eigenvalue weighted by molar-refractivity contribution is 7.99. The maximum atomic E-state index is 14.1. The van der Waals surface area contributed by atoms with Gasteiger partial charge in [0.15, 0.2) is 5.16 Å². The van der Waals surface area contributed by atoms with E-state index in [1.165, 1.54) is 17.8 Å². The Hall–Kier alpha value is -1.98. The second-order valence-electron chi connectivity index (χ2n) is 7.07. The van der Waals surface area contributed by atoms with E-state index in [0.29, 0.717) is 17.9 Å². The molecule has 11 heteroatoms. The molecule has 1 heterocycles. The smallest absolute Gasteiger partial charge is 0.242 e. The summed E-state index contributed by atoms with van der Waals surface area (Å²) in [6, 6.07) is 6.10. The summed E-state index contributed by atoms with van der Waals surface area (Å²) in [6.45, 7) is 5.71. The van der Waals surface area contributed by atoms with E-state index in [4.69, 9.17) is 0 Å². The molecule has 0 aliphatic carbocycles. The van der Waals surface area contributed by atoms with Crippen molar-refractivity contribution in [2.45, 2.75) is 43.6 Å². The third-order valence-corrected chi connectivity index (χ3v) is 5.38. The molecule has 2 rings (SSSR count). The average Bonchev–Trinajstić information content (AvgIpc) is 2.59. The molecule has 3 N–H and O–H groups in total. The van der Waals surface area contributed by atoms with Crippen LogP contribution in [-0.2, 0) is 10.0 Å². The molecule has 160 valence electrons. The van der Waals surface area contributed by atoms with Crippen molar-refractivity contribution in [3.63, 3.8) is 0 Å². The van der Waals surface area contributed by atoms with E-state index in [1.54, 1.807) is 25.1 Å². The van der Waals surface area contributed by atoms with Crippen LogP contribution in [0, 0.1) is 11.7 Å². The molecular formula is C18H26FN5O3S2. The van der Waals surface area contributed by atoms with Gasteiger partial charge in [0.05, 0.1) is 18.9 Å². The molecule has 0 bridgehead atoms.